The predicted octanol–water partition coefficient (Wildman–Crippen LogP) is 2.45. The van der Waals surface area contributed by atoms with Gasteiger partial charge in [-0.05, 0) is 20.8 Å². The van der Waals surface area contributed by atoms with E-state index in [2.05, 4.69) is 18.9 Å². The number of hydrogen-bond acceptors (Lipinski definition) is 3. The zero-order chi connectivity index (χ0) is 14.4. The number of amides is 1. The second kappa shape index (κ2) is 4.25. The third kappa shape index (κ3) is 2.74. The minimum Gasteiger partial charge on any atom is -0.444 e. The van der Waals surface area contributed by atoms with Gasteiger partial charge in [0.1, 0.15) is 5.60 Å². The standard InChI is InChI=1S/C14H23N3O2/c1-13(2,3)19-12(18)17-8-10-7-15-16(6)11(10)14(4,5)9-17/h7H,8-9H2,1-6H3. The molecule has 0 saturated heterocycles. The maximum Gasteiger partial charge on any atom is 0.410 e. The van der Waals surface area contributed by atoms with Gasteiger partial charge in [0, 0.05) is 24.6 Å². The Labute approximate surface area is 114 Å². The summed E-state index contributed by atoms with van der Waals surface area (Å²) in [5.41, 5.74) is 1.73. The van der Waals surface area contributed by atoms with Gasteiger partial charge in [-0.15, -0.1) is 0 Å². The van der Waals surface area contributed by atoms with Gasteiger partial charge in [-0.25, -0.2) is 4.79 Å². The Hall–Kier alpha value is -1.52. The summed E-state index contributed by atoms with van der Waals surface area (Å²) < 4.78 is 7.36. The van der Waals surface area contributed by atoms with Gasteiger partial charge in [0.25, 0.3) is 0 Å². The molecule has 2 rings (SSSR count). The summed E-state index contributed by atoms with van der Waals surface area (Å²) in [6.45, 7) is 11.1. The van der Waals surface area contributed by atoms with Crippen molar-refractivity contribution in [3.8, 4) is 0 Å². The summed E-state index contributed by atoms with van der Waals surface area (Å²) >= 11 is 0. The first kappa shape index (κ1) is 13.9. The molecule has 0 spiro atoms. The summed E-state index contributed by atoms with van der Waals surface area (Å²) in [6, 6.07) is 0. The molecular weight excluding hydrogens is 242 g/mol. The van der Waals surface area contributed by atoms with Crippen molar-refractivity contribution in [3.63, 3.8) is 0 Å². The molecule has 0 bridgehead atoms. The summed E-state index contributed by atoms with van der Waals surface area (Å²) in [7, 11) is 1.95. The van der Waals surface area contributed by atoms with Gasteiger partial charge in [0.05, 0.1) is 18.4 Å². The summed E-state index contributed by atoms with van der Waals surface area (Å²) in [4.78, 5) is 14.0. The fourth-order valence-corrected chi connectivity index (χ4v) is 2.74. The number of carbonyl (C=O) groups is 1. The minimum atomic E-state index is -0.462. The van der Waals surface area contributed by atoms with Crippen molar-refractivity contribution in [1.82, 2.24) is 14.7 Å². The Morgan fingerprint density at radius 2 is 2.05 bits per heavy atom. The summed E-state index contributed by atoms with van der Waals surface area (Å²) in [5.74, 6) is 0. The van der Waals surface area contributed by atoms with Crippen LogP contribution in [0.25, 0.3) is 0 Å². The van der Waals surface area contributed by atoms with E-state index in [4.69, 9.17) is 4.74 Å². The van der Waals surface area contributed by atoms with Crippen LogP contribution in [0.2, 0.25) is 0 Å². The van der Waals surface area contributed by atoms with E-state index in [9.17, 15) is 4.79 Å². The number of fused-ring (bicyclic) bond motifs is 1. The Kier molecular flexibility index (Phi) is 3.11. The first-order valence-corrected chi connectivity index (χ1v) is 6.59. The lowest BCUT2D eigenvalue weighted by atomic mass is 9.83. The Morgan fingerprint density at radius 3 is 2.63 bits per heavy atom. The van der Waals surface area contributed by atoms with E-state index < -0.39 is 5.60 Å². The molecule has 0 radical (unpaired) electrons. The van der Waals surface area contributed by atoms with E-state index in [1.807, 2.05) is 38.7 Å². The van der Waals surface area contributed by atoms with Crippen LogP contribution in [0.3, 0.4) is 0 Å². The number of nitrogens with zero attached hydrogens (tertiary/aromatic N) is 3. The molecule has 0 aliphatic carbocycles. The third-order valence-electron chi connectivity index (χ3n) is 3.25. The quantitative estimate of drug-likeness (QED) is 0.724. The van der Waals surface area contributed by atoms with Gasteiger partial charge in [0.2, 0.25) is 0 Å². The second-order valence-corrected chi connectivity index (χ2v) is 6.86. The lowest BCUT2D eigenvalue weighted by Crippen LogP contribution is -2.47. The molecule has 5 heteroatoms. The maximum atomic E-state index is 12.2. The molecular formula is C14H23N3O2. The fourth-order valence-electron chi connectivity index (χ4n) is 2.74. The molecule has 1 amide bonds. The zero-order valence-electron chi connectivity index (χ0n) is 12.6. The molecule has 19 heavy (non-hydrogen) atoms. The van der Waals surface area contributed by atoms with Gasteiger partial charge >= 0.3 is 6.09 Å². The number of rotatable bonds is 0. The van der Waals surface area contributed by atoms with Gasteiger partial charge in [0.15, 0.2) is 0 Å². The van der Waals surface area contributed by atoms with Crippen LogP contribution in [-0.4, -0.2) is 32.9 Å². The van der Waals surface area contributed by atoms with Gasteiger partial charge < -0.3 is 9.64 Å². The molecule has 2 heterocycles. The summed E-state index contributed by atoms with van der Waals surface area (Å²) in [6.07, 6.45) is 1.59. The van der Waals surface area contributed by atoms with Crippen LogP contribution >= 0.6 is 0 Å². The minimum absolute atomic E-state index is 0.115. The monoisotopic (exact) mass is 265 g/mol. The number of ether oxygens (including phenoxy) is 1. The van der Waals surface area contributed by atoms with Crippen molar-refractivity contribution in [1.29, 1.82) is 0 Å². The average molecular weight is 265 g/mol. The van der Waals surface area contributed by atoms with Crippen molar-refractivity contribution in [3.05, 3.63) is 17.5 Å². The predicted molar refractivity (Wildman–Crippen MR) is 72.9 cm³/mol. The molecule has 0 unspecified atom stereocenters. The molecule has 1 aromatic heterocycles. The maximum absolute atomic E-state index is 12.2. The van der Waals surface area contributed by atoms with Crippen molar-refractivity contribution < 1.29 is 9.53 Å². The molecule has 0 N–H and O–H groups in total. The lowest BCUT2D eigenvalue weighted by molar-refractivity contribution is 0.0170. The molecule has 0 fully saturated rings. The van der Waals surface area contributed by atoms with Gasteiger partial charge in [-0.3, -0.25) is 4.68 Å². The molecule has 1 aliphatic heterocycles. The van der Waals surface area contributed by atoms with Crippen molar-refractivity contribution in [2.75, 3.05) is 6.54 Å². The smallest absolute Gasteiger partial charge is 0.410 e. The summed E-state index contributed by atoms with van der Waals surface area (Å²) in [5, 5.41) is 4.30. The highest BCUT2D eigenvalue weighted by atomic mass is 16.6. The van der Waals surface area contributed by atoms with Crippen molar-refractivity contribution in [2.45, 2.75) is 52.2 Å². The van der Waals surface area contributed by atoms with Crippen molar-refractivity contribution in [2.24, 2.45) is 7.05 Å². The van der Waals surface area contributed by atoms with E-state index in [0.29, 0.717) is 13.1 Å². The number of hydrogen-bond donors (Lipinski definition) is 0. The zero-order valence-corrected chi connectivity index (χ0v) is 12.6. The first-order valence-electron chi connectivity index (χ1n) is 6.59. The molecule has 1 aliphatic rings. The highest BCUT2D eigenvalue weighted by molar-refractivity contribution is 5.69. The van der Waals surface area contributed by atoms with Gasteiger partial charge in [-0.2, -0.15) is 5.10 Å². The van der Waals surface area contributed by atoms with Crippen LogP contribution in [0, 0.1) is 0 Å². The van der Waals surface area contributed by atoms with E-state index in [1.54, 1.807) is 4.90 Å². The molecule has 0 atom stereocenters. The molecule has 0 aromatic carbocycles. The lowest BCUT2D eigenvalue weighted by Gasteiger charge is -2.38. The topological polar surface area (TPSA) is 47.4 Å². The van der Waals surface area contributed by atoms with E-state index in [-0.39, 0.29) is 11.5 Å². The van der Waals surface area contributed by atoms with Crippen LogP contribution in [0.5, 0.6) is 0 Å². The van der Waals surface area contributed by atoms with Crippen LogP contribution in [0.4, 0.5) is 4.79 Å². The van der Waals surface area contributed by atoms with Gasteiger partial charge in [-0.1, -0.05) is 13.8 Å². The second-order valence-electron chi connectivity index (χ2n) is 6.86. The SMILES string of the molecule is Cn1ncc2c1C(C)(C)CN(C(=O)OC(C)(C)C)C2. The average Bonchev–Trinajstić information content (AvgIpc) is 2.57. The number of carbonyl (C=O) groups excluding carboxylic acids is 1. The van der Waals surface area contributed by atoms with E-state index in [1.165, 1.54) is 5.69 Å². The number of aryl methyl sites for hydroxylation is 1. The highest BCUT2D eigenvalue weighted by Crippen LogP contribution is 2.33. The highest BCUT2D eigenvalue weighted by Gasteiger charge is 2.38. The fraction of sp³-hybridized carbons (Fsp3) is 0.714. The van der Waals surface area contributed by atoms with Crippen LogP contribution < -0.4 is 0 Å². The van der Waals surface area contributed by atoms with Crippen LogP contribution in [0.1, 0.15) is 45.9 Å². The third-order valence-corrected chi connectivity index (χ3v) is 3.25. The normalized spacial score (nSPS) is 18.1. The van der Waals surface area contributed by atoms with E-state index >= 15 is 0 Å². The number of aromatic nitrogens is 2. The molecule has 5 nitrogen and oxygen atoms in total. The Bertz CT molecular complexity index is 497. The Morgan fingerprint density at radius 1 is 1.42 bits per heavy atom. The van der Waals surface area contributed by atoms with Crippen LogP contribution in [0.15, 0.2) is 6.20 Å². The largest absolute Gasteiger partial charge is 0.444 e. The van der Waals surface area contributed by atoms with Crippen LogP contribution in [-0.2, 0) is 23.7 Å². The molecule has 0 saturated carbocycles. The molecule has 106 valence electrons. The van der Waals surface area contributed by atoms with Crippen molar-refractivity contribution >= 4 is 6.09 Å². The molecule has 1 aromatic rings. The Balaban J connectivity index is 2.23. The van der Waals surface area contributed by atoms with E-state index in [0.717, 1.165) is 5.56 Å². The first-order chi connectivity index (χ1) is 8.60.